The Morgan fingerprint density at radius 2 is 1.52 bits per heavy atom. The average molecular weight is 287 g/mol. The molecule has 5 nitrogen and oxygen atoms in total. The first-order valence-electron chi connectivity index (χ1n) is 6.31. The lowest BCUT2D eigenvalue weighted by atomic mass is 10.0. The summed E-state index contributed by atoms with van der Waals surface area (Å²) >= 11 is 0. The fourth-order valence-electron chi connectivity index (χ4n) is 2.04. The van der Waals surface area contributed by atoms with E-state index >= 15 is 0 Å². The molecule has 21 heavy (non-hydrogen) atoms. The molecule has 0 bridgehead atoms. The SMILES string of the molecule is COC(=O)c1cc(-c2ccc(OC)c(OC)c2)ccc1N. The lowest BCUT2D eigenvalue weighted by Crippen LogP contribution is -2.05. The number of hydrogen-bond acceptors (Lipinski definition) is 5. The molecule has 0 fully saturated rings. The van der Waals surface area contributed by atoms with Crippen LogP contribution in [0.4, 0.5) is 5.69 Å². The van der Waals surface area contributed by atoms with Crippen molar-refractivity contribution in [2.24, 2.45) is 0 Å². The normalized spacial score (nSPS) is 10.0. The van der Waals surface area contributed by atoms with Crippen LogP contribution in [-0.4, -0.2) is 27.3 Å². The van der Waals surface area contributed by atoms with Gasteiger partial charge in [-0.3, -0.25) is 0 Å². The molecule has 0 aliphatic heterocycles. The van der Waals surface area contributed by atoms with Crippen molar-refractivity contribution in [3.05, 3.63) is 42.0 Å². The minimum Gasteiger partial charge on any atom is -0.493 e. The van der Waals surface area contributed by atoms with E-state index in [2.05, 4.69) is 0 Å². The highest BCUT2D eigenvalue weighted by atomic mass is 16.5. The first-order chi connectivity index (χ1) is 10.1. The summed E-state index contributed by atoms with van der Waals surface area (Å²) in [6.07, 6.45) is 0. The van der Waals surface area contributed by atoms with Crippen molar-refractivity contribution in [1.29, 1.82) is 0 Å². The van der Waals surface area contributed by atoms with Crippen LogP contribution in [0.3, 0.4) is 0 Å². The molecule has 2 aromatic carbocycles. The molecule has 110 valence electrons. The van der Waals surface area contributed by atoms with Gasteiger partial charge < -0.3 is 19.9 Å². The van der Waals surface area contributed by atoms with Crippen molar-refractivity contribution in [1.82, 2.24) is 0 Å². The van der Waals surface area contributed by atoms with Crippen molar-refractivity contribution in [3.63, 3.8) is 0 Å². The fraction of sp³-hybridized carbons (Fsp3) is 0.188. The van der Waals surface area contributed by atoms with Gasteiger partial charge in [0, 0.05) is 5.69 Å². The molecule has 0 aliphatic carbocycles. The van der Waals surface area contributed by atoms with Crippen LogP contribution < -0.4 is 15.2 Å². The Bertz CT molecular complexity index is 667. The number of methoxy groups -OCH3 is 3. The van der Waals surface area contributed by atoms with E-state index in [9.17, 15) is 4.79 Å². The van der Waals surface area contributed by atoms with Gasteiger partial charge in [0.25, 0.3) is 0 Å². The highest BCUT2D eigenvalue weighted by molar-refractivity contribution is 5.96. The second-order valence-corrected chi connectivity index (χ2v) is 4.36. The zero-order valence-corrected chi connectivity index (χ0v) is 12.2. The summed E-state index contributed by atoms with van der Waals surface area (Å²) in [6, 6.07) is 10.7. The molecule has 5 heteroatoms. The summed E-state index contributed by atoms with van der Waals surface area (Å²) in [5.74, 6) is 0.797. The predicted molar refractivity (Wildman–Crippen MR) is 80.7 cm³/mol. The van der Waals surface area contributed by atoms with Crippen LogP contribution in [-0.2, 0) is 4.74 Å². The summed E-state index contributed by atoms with van der Waals surface area (Å²) < 4.78 is 15.2. The van der Waals surface area contributed by atoms with Crippen LogP contribution in [0.5, 0.6) is 11.5 Å². The molecular weight excluding hydrogens is 270 g/mol. The number of carbonyl (C=O) groups is 1. The van der Waals surface area contributed by atoms with Crippen LogP contribution in [0, 0.1) is 0 Å². The molecule has 0 amide bonds. The Morgan fingerprint density at radius 3 is 2.14 bits per heavy atom. The van der Waals surface area contributed by atoms with Crippen LogP contribution in [0.15, 0.2) is 36.4 Å². The number of anilines is 1. The molecule has 2 rings (SSSR count). The number of benzene rings is 2. The summed E-state index contributed by atoms with van der Waals surface area (Å²) in [7, 11) is 4.48. The second-order valence-electron chi connectivity index (χ2n) is 4.36. The molecular formula is C16H17NO4. The van der Waals surface area contributed by atoms with Crippen LogP contribution in [0.2, 0.25) is 0 Å². The Morgan fingerprint density at radius 1 is 0.905 bits per heavy atom. The van der Waals surface area contributed by atoms with Gasteiger partial charge in [0.1, 0.15) is 0 Å². The van der Waals surface area contributed by atoms with Gasteiger partial charge in [-0.15, -0.1) is 0 Å². The van der Waals surface area contributed by atoms with E-state index in [0.29, 0.717) is 22.7 Å². The highest BCUT2D eigenvalue weighted by Crippen LogP contribution is 2.33. The minimum atomic E-state index is -0.463. The van der Waals surface area contributed by atoms with E-state index in [1.807, 2.05) is 24.3 Å². The molecule has 0 unspecified atom stereocenters. The zero-order chi connectivity index (χ0) is 15.4. The molecule has 0 radical (unpaired) electrons. The molecule has 0 atom stereocenters. The molecule has 0 aromatic heterocycles. The Kier molecular flexibility index (Phi) is 4.33. The topological polar surface area (TPSA) is 70.8 Å². The van der Waals surface area contributed by atoms with Gasteiger partial charge in [-0.1, -0.05) is 12.1 Å². The first kappa shape index (κ1) is 14.7. The van der Waals surface area contributed by atoms with Gasteiger partial charge in [0.05, 0.1) is 26.9 Å². The zero-order valence-electron chi connectivity index (χ0n) is 12.2. The summed E-state index contributed by atoms with van der Waals surface area (Å²) in [6.45, 7) is 0. The van der Waals surface area contributed by atoms with Crippen LogP contribution >= 0.6 is 0 Å². The summed E-state index contributed by atoms with van der Waals surface area (Å²) in [5.41, 5.74) is 8.24. The van der Waals surface area contributed by atoms with Gasteiger partial charge in [-0.2, -0.15) is 0 Å². The molecule has 2 N–H and O–H groups in total. The third kappa shape index (κ3) is 2.91. The maximum atomic E-state index is 11.7. The van der Waals surface area contributed by atoms with Crippen molar-refractivity contribution >= 4 is 11.7 Å². The third-order valence-electron chi connectivity index (χ3n) is 3.18. The van der Waals surface area contributed by atoms with E-state index in [1.165, 1.54) is 7.11 Å². The molecule has 0 aliphatic rings. The molecule has 0 saturated carbocycles. The number of nitrogen functional groups attached to an aromatic ring is 1. The van der Waals surface area contributed by atoms with Gasteiger partial charge >= 0.3 is 5.97 Å². The maximum Gasteiger partial charge on any atom is 0.339 e. The van der Waals surface area contributed by atoms with Crippen molar-refractivity contribution in [3.8, 4) is 22.6 Å². The third-order valence-corrected chi connectivity index (χ3v) is 3.18. The number of rotatable bonds is 4. The Balaban J connectivity index is 2.49. The van der Waals surface area contributed by atoms with Gasteiger partial charge in [0.2, 0.25) is 0 Å². The lowest BCUT2D eigenvalue weighted by Gasteiger charge is -2.11. The maximum absolute atomic E-state index is 11.7. The number of nitrogens with two attached hydrogens (primary N) is 1. The fourth-order valence-corrected chi connectivity index (χ4v) is 2.04. The number of esters is 1. The molecule has 0 saturated heterocycles. The predicted octanol–water partition coefficient (Wildman–Crippen LogP) is 2.74. The monoisotopic (exact) mass is 287 g/mol. The van der Waals surface area contributed by atoms with Gasteiger partial charge in [0.15, 0.2) is 11.5 Å². The number of ether oxygens (including phenoxy) is 3. The van der Waals surface area contributed by atoms with E-state index in [-0.39, 0.29) is 0 Å². The lowest BCUT2D eigenvalue weighted by molar-refractivity contribution is 0.0602. The van der Waals surface area contributed by atoms with E-state index < -0.39 is 5.97 Å². The van der Waals surface area contributed by atoms with Crippen LogP contribution in [0.1, 0.15) is 10.4 Å². The van der Waals surface area contributed by atoms with E-state index in [1.54, 1.807) is 26.4 Å². The van der Waals surface area contributed by atoms with Crippen molar-refractivity contribution in [2.45, 2.75) is 0 Å². The summed E-state index contributed by atoms with van der Waals surface area (Å²) in [5, 5.41) is 0. The van der Waals surface area contributed by atoms with Gasteiger partial charge in [-0.05, 0) is 35.4 Å². The van der Waals surface area contributed by atoms with E-state index in [0.717, 1.165) is 11.1 Å². The van der Waals surface area contributed by atoms with Crippen molar-refractivity contribution < 1.29 is 19.0 Å². The molecule has 0 spiro atoms. The minimum absolute atomic E-state index is 0.338. The Labute approximate surface area is 123 Å². The quantitative estimate of drug-likeness (QED) is 0.691. The standard InChI is InChI=1S/C16H17NO4/c1-19-14-7-5-11(9-15(14)20-2)10-4-6-13(17)12(8-10)16(18)21-3/h4-9H,17H2,1-3H3. The first-order valence-corrected chi connectivity index (χ1v) is 6.31. The Hall–Kier alpha value is -2.69. The van der Waals surface area contributed by atoms with Crippen LogP contribution in [0.25, 0.3) is 11.1 Å². The molecule has 0 heterocycles. The highest BCUT2D eigenvalue weighted by Gasteiger charge is 2.12. The van der Waals surface area contributed by atoms with Crippen molar-refractivity contribution in [2.75, 3.05) is 27.1 Å². The smallest absolute Gasteiger partial charge is 0.339 e. The van der Waals surface area contributed by atoms with E-state index in [4.69, 9.17) is 19.9 Å². The van der Waals surface area contributed by atoms with Gasteiger partial charge in [-0.25, -0.2) is 4.79 Å². The average Bonchev–Trinajstić information content (AvgIpc) is 2.53. The summed E-state index contributed by atoms with van der Waals surface area (Å²) in [4.78, 5) is 11.7. The number of hydrogen-bond donors (Lipinski definition) is 1. The largest absolute Gasteiger partial charge is 0.493 e. The molecule has 2 aromatic rings. The second kappa shape index (κ2) is 6.17. The number of carbonyl (C=O) groups excluding carboxylic acids is 1.